The number of anilines is 1. The van der Waals surface area contributed by atoms with Crippen LogP contribution in [0.5, 0.6) is 5.75 Å². The Labute approximate surface area is 151 Å². The molecule has 0 bridgehead atoms. The summed E-state index contributed by atoms with van der Waals surface area (Å²) in [6.45, 7) is 0.729. The number of para-hydroxylation sites is 2. The van der Waals surface area contributed by atoms with E-state index in [9.17, 15) is 14.0 Å². The van der Waals surface area contributed by atoms with Gasteiger partial charge < -0.3 is 15.0 Å². The second kappa shape index (κ2) is 7.99. The smallest absolute Gasteiger partial charge is 0.227 e. The molecule has 136 valence electrons. The number of methoxy groups -OCH3 is 1. The van der Waals surface area contributed by atoms with Crippen molar-refractivity contribution in [3.63, 3.8) is 0 Å². The van der Waals surface area contributed by atoms with Crippen LogP contribution in [-0.4, -0.2) is 32.0 Å². The van der Waals surface area contributed by atoms with E-state index < -0.39 is 5.92 Å². The molecule has 1 fully saturated rings. The third kappa shape index (κ3) is 4.02. The Morgan fingerprint density at radius 2 is 2.08 bits per heavy atom. The Kier molecular flexibility index (Phi) is 5.51. The fraction of sp³-hybridized carbons (Fsp3) is 0.300. The zero-order valence-electron chi connectivity index (χ0n) is 14.6. The molecule has 1 aliphatic rings. The van der Waals surface area contributed by atoms with E-state index in [1.165, 1.54) is 12.1 Å². The average molecular weight is 356 g/mol. The number of ether oxygens (including phenoxy) is 1. The Morgan fingerprint density at radius 1 is 1.27 bits per heavy atom. The summed E-state index contributed by atoms with van der Waals surface area (Å²) < 4.78 is 18.5. The summed E-state index contributed by atoms with van der Waals surface area (Å²) >= 11 is 0. The quantitative estimate of drug-likeness (QED) is 0.865. The topological polar surface area (TPSA) is 58.6 Å². The standard InChI is InChI=1S/C20H21FN2O3/c1-26-18-8-3-2-7-17(18)23-13-15(12-19(23)24)20(25)22-10-9-14-5-4-6-16(21)11-14/h2-8,11,15H,9-10,12-13H2,1H3,(H,22,25). The number of nitrogens with one attached hydrogen (secondary N) is 1. The van der Waals surface area contributed by atoms with Crippen molar-refractivity contribution in [2.75, 3.05) is 25.1 Å². The Balaban J connectivity index is 1.57. The monoisotopic (exact) mass is 356 g/mol. The summed E-state index contributed by atoms with van der Waals surface area (Å²) in [5.74, 6) is -0.345. The molecule has 0 aliphatic carbocycles. The molecule has 2 aromatic carbocycles. The summed E-state index contributed by atoms with van der Waals surface area (Å²) in [5.41, 5.74) is 1.50. The van der Waals surface area contributed by atoms with Crippen LogP contribution in [0.25, 0.3) is 0 Å². The predicted octanol–water partition coefficient (Wildman–Crippen LogP) is 2.55. The summed E-state index contributed by atoms with van der Waals surface area (Å²) in [7, 11) is 1.55. The van der Waals surface area contributed by atoms with E-state index in [4.69, 9.17) is 4.74 Å². The number of hydrogen-bond acceptors (Lipinski definition) is 3. The van der Waals surface area contributed by atoms with Crippen LogP contribution < -0.4 is 15.0 Å². The van der Waals surface area contributed by atoms with Crippen LogP contribution in [0.3, 0.4) is 0 Å². The molecule has 6 heteroatoms. The van der Waals surface area contributed by atoms with Crippen molar-refractivity contribution in [2.45, 2.75) is 12.8 Å². The van der Waals surface area contributed by atoms with Crippen molar-refractivity contribution in [2.24, 2.45) is 5.92 Å². The van der Waals surface area contributed by atoms with Gasteiger partial charge in [0, 0.05) is 19.5 Å². The van der Waals surface area contributed by atoms with Gasteiger partial charge in [-0.2, -0.15) is 0 Å². The largest absolute Gasteiger partial charge is 0.495 e. The van der Waals surface area contributed by atoms with Crippen LogP contribution in [-0.2, 0) is 16.0 Å². The lowest BCUT2D eigenvalue weighted by Gasteiger charge is -2.19. The van der Waals surface area contributed by atoms with Crippen molar-refractivity contribution >= 4 is 17.5 Å². The lowest BCUT2D eigenvalue weighted by atomic mass is 10.1. The van der Waals surface area contributed by atoms with Gasteiger partial charge in [0.15, 0.2) is 0 Å². The van der Waals surface area contributed by atoms with Gasteiger partial charge >= 0.3 is 0 Å². The zero-order valence-corrected chi connectivity index (χ0v) is 14.6. The van der Waals surface area contributed by atoms with Crippen molar-refractivity contribution in [1.82, 2.24) is 5.32 Å². The van der Waals surface area contributed by atoms with Gasteiger partial charge in [-0.1, -0.05) is 24.3 Å². The van der Waals surface area contributed by atoms with Gasteiger partial charge in [0.1, 0.15) is 11.6 Å². The minimum absolute atomic E-state index is 0.0974. The minimum Gasteiger partial charge on any atom is -0.495 e. The number of benzene rings is 2. The van der Waals surface area contributed by atoms with Crippen LogP contribution in [0.1, 0.15) is 12.0 Å². The number of carbonyl (C=O) groups excluding carboxylic acids is 2. The van der Waals surface area contributed by atoms with Crippen LogP contribution in [0, 0.1) is 11.7 Å². The van der Waals surface area contributed by atoms with Crippen LogP contribution in [0.2, 0.25) is 0 Å². The van der Waals surface area contributed by atoms with E-state index in [0.717, 1.165) is 5.56 Å². The number of nitrogens with zero attached hydrogens (tertiary/aromatic N) is 1. The van der Waals surface area contributed by atoms with E-state index in [1.807, 2.05) is 18.2 Å². The highest BCUT2D eigenvalue weighted by atomic mass is 19.1. The first-order valence-electron chi connectivity index (χ1n) is 8.54. The highest BCUT2D eigenvalue weighted by Gasteiger charge is 2.36. The number of rotatable bonds is 6. The highest BCUT2D eigenvalue weighted by molar-refractivity contribution is 6.01. The molecular weight excluding hydrogens is 335 g/mol. The van der Waals surface area contributed by atoms with Gasteiger partial charge in [-0.3, -0.25) is 9.59 Å². The van der Waals surface area contributed by atoms with Gasteiger partial charge in [0.25, 0.3) is 0 Å². The molecular formula is C20H21FN2O3. The van der Waals surface area contributed by atoms with Gasteiger partial charge in [-0.05, 0) is 36.2 Å². The molecule has 0 spiro atoms. The summed E-state index contributed by atoms with van der Waals surface area (Å²) in [6.07, 6.45) is 0.713. The molecule has 1 saturated heterocycles. The average Bonchev–Trinajstić information content (AvgIpc) is 3.03. The number of hydrogen-bond donors (Lipinski definition) is 1. The normalized spacial score (nSPS) is 16.6. The maximum Gasteiger partial charge on any atom is 0.227 e. The van der Waals surface area contributed by atoms with Crippen molar-refractivity contribution in [3.8, 4) is 5.75 Å². The summed E-state index contributed by atoms with van der Waals surface area (Å²) in [4.78, 5) is 26.3. The fourth-order valence-electron chi connectivity index (χ4n) is 3.14. The lowest BCUT2D eigenvalue weighted by molar-refractivity contribution is -0.126. The Morgan fingerprint density at radius 3 is 2.85 bits per heavy atom. The van der Waals surface area contributed by atoms with E-state index in [-0.39, 0.29) is 24.1 Å². The van der Waals surface area contributed by atoms with Gasteiger partial charge in [0.2, 0.25) is 11.8 Å². The molecule has 0 radical (unpaired) electrons. The van der Waals surface area contributed by atoms with E-state index in [1.54, 1.807) is 30.2 Å². The molecule has 1 unspecified atom stereocenters. The van der Waals surface area contributed by atoms with Crippen LogP contribution in [0.15, 0.2) is 48.5 Å². The van der Waals surface area contributed by atoms with E-state index in [2.05, 4.69) is 5.32 Å². The SMILES string of the molecule is COc1ccccc1N1CC(C(=O)NCCc2cccc(F)c2)CC1=O. The van der Waals surface area contributed by atoms with Gasteiger partial charge in [-0.15, -0.1) is 0 Å². The fourth-order valence-corrected chi connectivity index (χ4v) is 3.14. The zero-order chi connectivity index (χ0) is 18.5. The second-order valence-electron chi connectivity index (χ2n) is 6.25. The third-order valence-electron chi connectivity index (χ3n) is 4.47. The molecule has 1 atom stereocenters. The molecule has 0 saturated carbocycles. The summed E-state index contributed by atoms with van der Waals surface area (Å²) in [6, 6.07) is 13.6. The van der Waals surface area contributed by atoms with Gasteiger partial charge in [-0.25, -0.2) is 4.39 Å². The molecule has 5 nitrogen and oxygen atoms in total. The first-order chi connectivity index (χ1) is 12.6. The molecule has 1 N–H and O–H groups in total. The summed E-state index contributed by atoms with van der Waals surface area (Å²) in [5, 5.41) is 2.84. The van der Waals surface area contributed by atoms with Crippen molar-refractivity contribution in [1.29, 1.82) is 0 Å². The maximum atomic E-state index is 13.2. The predicted molar refractivity (Wildman–Crippen MR) is 96.6 cm³/mol. The van der Waals surface area contributed by atoms with Crippen LogP contribution >= 0.6 is 0 Å². The van der Waals surface area contributed by atoms with Crippen molar-refractivity contribution < 1.29 is 18.7 Å². The van der Waals surface area contributed by atoms with E-state index in [0.29, 0.717) is 30.9 Å². The first kappa shape index (κ1) is 17.9. The molecule has 1 heterocycles. The van der Waals surface area contributed by atoms with Crippen molar-refractivity contribution in [3.05, 3.63) is 59.9 Å². The Bertz CT molecular complexity index is 809. The molecule has 0 aromatic heterocycles. The molecule has 26 heavy (non-hydrogen) atoms. The number of amides is 2. The molecule has 1 aliphatic heterocycles. The lowest BCUT2D eigenvalue weighted by Crippen LogP contribution is -2.34. The Hall–Kier alpha value is -2.89. The van der Waals surface area contributed by atoms with Gasteiger partial charge in [0.05, 0.1) is 18.7 Å². The molecule has 2 aromatic rings. The maximum absolute atomic E-state index is 13.2. The minimum atomic E-state index is -0.403. The van der Waals surface area contributed by atoms with Crippen LogP contribution in [0.4, 0.5) is 10.1 Å². The molecule has 2 amide bonds. The number of carbonyl (C=O) groups is 2. The molecule has 3 rings (SSSR count). The first-order valence-corrected chi connectivity index (χ1v) is 8.54. The van der Waals surface area contributed by atoms with E-state index >= 15 is 0 Å². The number of halogens is 1. The second-order valence-corrected chi connectivity index (χ2v) is 6.25. The highest BCUT2D eigenvalue weighted by Crippen LogP contribution is 2.32. The third-order valence-corrected chi connectivity index (χ3v) is 4.47.